The Balaban J connectivity index is 1.63. The van der Waals surface area contributed by atoms with E-state index in [0.717, 1.165) is 52.3 Å². The van der Waals surface area contributed by atoms with Gasteiger partial charge in [-0.25, -0.2) is 0 Å². The smallest absolute Gasteiger partial charge is 0.231 e. The van der Waals surface area contributed by atoms with Crippen LogP contribution >= 0.6 is 11.8 Å². The lowest BCUT2D eigenvalue weighted by Gasteiger charge is -2.33. The number of aromatic nitrogens is 1. The number of hydrogen-bond donors (Lipinski definition) is 0. The maximum atomic E-state index is 6.19. The molecule has 3 atom stereocenters. The first-order valence-electron chi connectivity index (χ1n) is 10.3. The van der Waals surface area contributed by atoms with Gasteiger partial charge in [0.1, 0.15) is 11.8 Å². The minimum Gasteiger partial charge on any atom is -0.493 e. The zero-order valence-electron chi connectivity index (χ0n) is 16.7. The van der Waals surface area contributed by atoms with E-state index < -0.39 is 0 Å². The molecule has 0 amide bonds. The molecule has 0 N–H and O–H groups in total. The van der Waals surface area contributed by atoms with Crippen LogP contribution in [0.5, 0.6) is 17.2 Å². The van der Waals surface area contributed by atoms with Crippen molar-refractivity contribution in [2.24, 2.45) is 4.99 Å². The molecule has 1 fully saturated rings. The van der Waals surface area contributed by atoms with Gasteiger partial charge in [-0.2, -0.15) is 0 Å². The van der Waals surface area contributed by atoms with E-state index in [0.29, 0.717) is 12.6 Å². The van der Waals surface area contributed by atoms with Crippen LogP contribution < -0.4 is 14.2 Å². The number of ether oxygens (including phenoxy) is 3. The Bertz CT molecular complexity index is 921. The van der Waals surface area contributed by atoms with E-state index in [4.69, 9.17) is 19.2 Å². The largest absolute Gasteiger partial charge is 0.493 e. The second kappa shape index (κ2) is 7.78. The standard InChI is InChI=1S/C22H25N3O3S/c1-3-9-26-17-11-19-18(27-13-28-19)10-15(17)21-20(16-7-5-6-8-23-16)24-22-25(21)14(4-2)12-29-22/h5-8,10-11,14,20-21H,3-4,9,12-13H2,1-2H3/t14-,20-,21-/m1/s1. The van der Waals surface area contributed by atoms with Crippen molar-refractivity contribution in [3.63, 3.8) is 0 Å². The predicted octanol–water partition coefficient (Wildman–Crippen LogP) is 4.58. The second-order valence-corrected chi connectivity index (χ2v) is 8.42. The molecule has 3 aliphatic rings. The van der Waals surface area contributed by atoms with Gasteiger partial charge in [0.05, 0.1) is 18.3 Å². The number of fused-ring (bicyclic) bond motifs is 2. The molecular weight excluding hydrogens is 386 g/mol. The number of amidine groups is 1. The summed E-state index contributed by atoms with van der Waals surface area (Å²) in [5.74, 6) is 3.44. The molecule has 29 heavy (non-hydrogen) atoms. The lowest BCUT2D eigenvalue weighted by atomic mass is 9.94. The molecule has 0 aliphatic carbocycles. The van der Waals surface area contributed by atoms with Gasteiger partial charge in [-0.15, -0.1) is 0 Å². The highest BCUT2D eigenvalue weighted by molar-refractivity contribution is 8.14. The summed E-state index contributed by atoms with van der Waals surface area (Å²) in [6, 6.07) is 10.5. The molecule has 4 heterocycles. The fraction of sp³-hybridized carbons (Fsp3) is 0.455. The topological polar surface area (TPSA) is 56.2 Å². The molecule has 2 aromatic rings. The van der Waals surface area contributed by atoms with Crippen LogP contribution in [0.4, 0.5) is 0 Å². The zero-order chi connectivity index (χ0) is 19.8. The normalized spacial score (nSPS) is 24.6. The summed E-state index contributed by atoms with van der Waals surface area (Å²) < 4.78 is 17.5. The Labute approximate surface area is 175 Å². The molecule has 6 nitrogen and oxygen atoms in total. The van der Waals surface area contributed by atoms with E-state index in [-0.39, 0.29) is 18.9 Å². The van der Waals surface area contributed by atoms with Crippen LogP contribution in [0.1, 0.15) is 50.0 Å². The fourth-order valence-corrected chi connectivity index (χ4v) is 5.53. The number of benzene rings is 1. The maximum Gasteiger partial charge on any atom is 0.231 e. The van der Waals surface area contributed by atoms with Crippen LogP contribution in [0.15, 0.2) is 41.5 Å². The van der Waals surface area contributed by atoms with Crippen molar-refractivity contribution in [1.82, 2.24) is 9.88 Å². The van der Waals surface area contributed by atoms with Crippen LogP contribution in [-0.2, 0) is 0 Å². The average Bonchev–Trinajstić information content (AvgIpc) is 3.46. The third-order valence-corrected chi connectivity index (χ3v) is 6.74. The van der Waals surface area contributed by atoms with Gasteiger partial charge in [0.15, 0.2) is 16.7 Å². The van der Waals surface area contributed by atoms with Crippen molar-refractivity contribution in [1.29, 1.82) is 0 Å². The molecule has 152 valence electrons. The van der Waals surface area contributed by atoms with Crippen LogP contribution in [0, 0.1) is 0 Å². The van der Waals surface area contributed by atoms with Gasteiger partial charge < -0.3 is 19.1 Å². The predicted molar refractivity (Wildman–Crippen MR) is 114 cm³/mol. The van der Waals surface area contributed by atoms with Crippen LogP contribution in [0.2, 0.25) is 0 Å². The van der Waals surface area contributed by atoms with E-state index in [2.05, 4.69) is 35.9 Å². The first-order valence-corrected chi connectivity index (χ1v) is 11.2. The Morgan fingerprint density at radius 2 is 2.07 bits per heavy atom. The van der Waals surface area contributed by atoms with Crippen molar-refractivity contribution >= 4 is 16.9 Å². The summed E-state index contributed by atoms with van der Waals surface area (Å²) in [5.41, 5.74) is 2.08. The van der Waals surface area contributed by atoms with Crippen molar-refractivity contribution in [3.05, 3.63) is 47.8 Å². The Hall–Kier alpha value is -2.41. The van der Waals surface area contributed by atoms with Crippen LogP contribution in [-0.4, -0.2) is 40.2 Å². The number of pyridine rings is 1. The number of thioether (sulfide) groups is 1. The van der Waals surface area contributed by atoms with Crippen molar-refractivity contribution < 1.29 is 14.2 Å². The number of rotatable bonds is 6. The second-order valence-electron chi connectivity index (χ2n) is 7.43. The quantitative estimate of drug-likeness (QED) is 0.694. The highest BCUT2D eigenvalue weighted by Gasteiger charge is 2.47. The first-order chi connectivity index (χ1) is 14.3. The van der Waals surface area contributed by atoms with Gasteiger partial charge >= 0.3 is 0 Å². The molecule has 0 spiro atoms. The number of nitrogens with zero attached hydrogens (tertiary/aromatic N) is 3. The van der Waals surface area contributed by atoms with E-state index in [1.165, 1.54) is 0 Å². The number of hydrogen-bond acceptors (Lipinski definition) is 7. The van der Waals surface area contributed by atoms with E-state index in [1.807, 2.05) is 36.2 Å². The van der Waals surface area contributed by atoms with Gasteiger partial charge in [0, 0.05) is 29.6 Å². The fourth-order valence-electron chi connectivity index (χ4n) is 4.19. The molecule has 0 saturated carbocycles. The highest BCUT2D eigenvalue weighted by Crippen LogP contribution is 2.52. The third kappa shape index (κ3) is 3.21. The number of aliphatic imine (C=N–C) groups is 1. The van der Waals surface area contributed by atoms with Gasteiger partial charge in [-0.3, -0.25) is 9.98 Å². The Morgan fingerprint density at radius 3 is 2.83 bits per heavy atom. The Morgan fingerprint density at radius 1 is 1.21 bits per heavy atom. The lowest BCUT2D eigenvalue weighted by Crippen LogP contribution is -2.35. The molecule has 1 aromatic heterocycles. The molecule has 7 heteroatoms. The van der Waals surface area contributed by atoms with Gasteiger partial charge in [0.2, 0.25) is 6.79 Å². The summed E-state index contributed by atoms with van der Waals surface area (Å²) in [4.78, 5) is 12.2. The van der Waals surface area contributed by atoms with Crippen molar-refractivity contribution in [2.45, 2.75) is 44.8 Å². The van der Waals surface area contributed by atoms with Gasteiger partial charge in [0.25, 0.3) is 0 Å². The average molecular weight is 412 g/mol. The molecule has 1 saturated heterocycles. The molecule has 0 bridgehead atoms. The summed E-state index contributed by atoms with van der Waals surface area (Å²) in [6.07, 6.45) is 3.86. The summed E-state index contributed by atoms with van der Waals surface area (Å²) in [7, 11) is 0. The van der Waals surface area contributed by atoms with Gasteiger partial charge in [-0.1, -0.05) is 31.7 Å². The molecule has 0 radical (unpaired) electrons. The third-order valence-electron chi connectivity index (χ3n) is 5.61. The first kappa shape index (κ1) is 18.6. The molecule has 0 unspecified atom stereocenters. The van der Waals surface area contributed by atoms with E-state index in [9.17, 15) is 0 Å². The van der Waals surface area contributed by atoms with E-state index >= 15 is 0 Å². The van der Waals surface area contributed by atoms with Crippen LogP contribution in [0.25, 0.3) is 0 Å². The van der Waals surface area contributed by atoms with Gasteiger partial charge in [-0.05, 0) is 31.0 Å². The molecule has 5 rings (SSSR count). The highest BCUT2D eigenvalue weighted by atomic mass is 32.2. The van der Waals surface area contributed by atoms with Crippen LogP contribution in [0.3, 0.4) is 0 Å². The lowest BCUT2D eigenvalue weighted by molar-refractivity contribution is 0.173. The summed E-state index contributed by atoms with van der Waals surface area (Å²) in [6.45, 7) is 5.27. The van der Waals surface area contributed by atoms with Crippen molar-refractivity contribution in [2.75, 3.05) is 19.2 Å². The minimum atomic E-state index is -0.0719. The maximum absolute atomic E-state index is 6.19. The van der Waals surface area contributed by atoms with E-state index in [1.54, 1.807) is 0 Å². The minimum absolute atomic E-state index is 0.0289. The summed E-state index contributed by atoms with van der Waals surface area (Å²) >= 11 is 1.84. The summed E-state index contributed by atoms with van der Waals surface area (Å²) in [5, 5.41) is 1.11. The molecule has 3 aliphatic heterocycles. The zero-order valence-corrected chi connectivity index (χ0v) is 17.5. The Kier molecular flexibility index (Phi) is 4.99. The van der Waals surface area contributed by atoms with Crippen molar-refractivity contribution in [3.8, 4) is 17.2 Å². The monoisotopic (exact) mass is 411 g/mol. The SMILES string of the molecule is CCCOc1cc2c(cc1[C@@H]1[C@@H](c3ccccn3)N=C3SC[C@@H](CC)N31)OCO2. The molecular formula is C22H25N3O3S. The molecule has 1 aromatic carbocycles.